The number of aryl methyl sites for hydroxylation is 1. The molecular formula is C19H17N5O. The Labute approximate surface area is 145 Å². The highest BCUT2D eigenvalue weighted by Crippen LogP contribution is 2.43. The maximum atomic E-state index is 10.2. The number of fused-ring (bicyclic) bond motifs is 3. The molecule has 2 aromatic heterocycles. The molecule has 0 bridgehead atoms. The number of hydrogen-bond donors (Lipinski definition) is 2. The molecule has 0 saturated carbocycles. The lowest BCUT2D eigenvalue weighted by molar-refractivity contribution is 0.468. The molecule has 0 spiro atoms. The van der Waals surface area contributed by atoms with Gasteiger partial charge in [0.2, 0.25) is 0 Å². The van der Waals surface area contributed by atoms with Crippen LogP contribution in [0.2, 0.25) is 0 Å². The molecule has 6 nitrogen and oxygen atoms in total. The molecule has 0 atom stereocenters. The summed E-state index contributed by atoms with van der Waals surface area (Å²) >= 11 is 0. The lowest BCUT2D eigenvalue weighted by Gasteiger charge is -2.24. The number of nitriles is 1. The summed E-state index contributed by atoms with van der Waals surface area (Å²) in [5.74, 6) is 1.33. The zero-order valence-corrected chi connectivity index (χ0v) is 14.0. The number of phenols is 1. The smallest absolute Gasteiger partial charge is 0.142 e. The average molecular weight is 331 g/mol. The Balaban J connectivity index is 2.10. The van der Waals surface area contributed by atoms with Gasteiger partial charge < -0.3 is 15.4 Å². The van der Waals surface area contributed by atoms with Gasteiger partial charge in [-0.3, -0.25) is 0 Å². The number of pyridine rings is 1. The fraction of sp³-hybridized carbons (Fsp3) is 0.211. The largest absolute Gasteiger partial charge is 0.508 e. The number of aromatic hydroxyl groups is 1. The highest BCUT2D eigenvalue weighted by molar-refractivity contribution is 5.85. The number of nitrogens with zero attached hydrogens (tertiary/aromatic N) is 4. The van der Waals surface area contributed by atoms with Gasteiger partial charge in [0.05, 0.1) is 17.6 Å². The van der Waals surface area contributed by atoms with Crippen molar-refractivity contribution in [2.75, 3.05) is 5.73 Å². The van der Waals surface area contributed by atoms with Crippen molar-refractivity contribution in [3.05, 3.63) is 46.9 Å². The van der Waals surface area contributed by atoms with Crippen molar-refractivity contribution in [1.29, 1.82) is 5.26 Å². The average Bonchev–Trinajstić information content (AvgIpc) is 2.93. The van der Waals surface area contributed by atoms with Crippen molar-refractivity contribution in [3.63, 3.8) is 0 Å². The second-order valence-electron chi connectivity index (χ2n) is 6.24. The van der Waals surface area contributed by atoms with Crippen molar-refractivity contribution in [3.8, 4) is 34.3 Å². The molecule has 1 aliphatic rings. The first kappa shape index (κ1) is 15.2. The van der Waals surface area contributed by atoms with E-state index in [4.69, 9.17) is 5.73 Å². The molecule has 0 fully saturated rings. The Morgan fingerprint density at radius 1 is 1.28 bits per heavy atom. The number of nitrogen functional groups attached to an aromatic ring is 1. The van der Waals surface area contributed by atoms with Crippen LogP contribution in [0.1, 0.15) is 22.5 Å². The number of rotatable bonds is 1. The number of nitrogens with two attached hydrogens (primary N) is 1. The molecule has 0 amide bonds. The molecule has 3 aromatic rings. The summed E-state index contributed by atoms with van der Waals surface area (Å²) in [5, 5.41) is 19.8. The third-order valence-corrected chi connectivity index (χ3v) is 4.95. The maximum Gasteiger partial charge on any atom is 0.142 e. The molecule has 1 aliphatic carbocycles. The second-order valence-corrected chi connectivity index (χ2v) is 6.24. The van der Waals surface area contributed by atoms with Gasteiger partial charge in [-0.15, -0.1) is 0 Å². The van der Waals surface area contributed by atoms with Gasteiger partial charge in [-0.1, -0.05) is 12.1 Å². The first-order valence-corrected chi connectivity index (χ1v) is 8.05. The minimum atomic E-state index is 0.200. The van der Waals surface area contributed by atoms with Crippen LogP contribution >= 0.6 is 0 Å². The quantitative estimate of drug-likeness (QED) is 0.714. The zero-order valence-electron chi connectivity index (χ0n) is 14.0. The predicted molar refractivity (Wildman–Crippen MR) is 94.8 cm³/mol. The molecule has 0 radical (unpaired) electrons. The molecule has 1 aromatic carbocycles. The van der Waals surface area contributed by atoms with E-state index in [2.05, 4.69) is 16.0 Å². The van der Waals surface area contributed by atoms with Gasteiger partial charge in [0, 0.05) is 23.7 Å². The standard InChI is InChI=1S/C19H17N5O/c1-10-22-9-15(24(10)2)17-13-7-6-11-12(4-3-5-16(11)25)18(13)23-19(21)14(17)8-20/h3-5,9,25H,6-7H2,1-2H3,(H2,21,23). The maximum absolute atomic E-state index is 10.2. The van der Waals surface area contributed by atoms with Crippen LogP contribution in [0.25, 0.3) is 22.5 Å². The van der Waals surface area contributed by atoms with Crippen molar-refractivity contribution in [2.24, 2.45) is 7.05 Å². The van der Waals surface area contributed by atoms with Gasteiger partial charge in [-0.25, -0.2) is 9.97 Å². The number of phenolic OH excluding ortho intramolecular Hbond substituents is 1. The highest BCUT2D eigenvalue weighted by atomic mass is 16.3. The highest BCUT2D eigenvalue weighted by Gasteiger charge is 2.27. The Morgan fingerprint density at radius 3 is 2.72 bits per heavy atom. The first-order chi connectivity index (χ1) is 12.0. The molecule has 124 valence electrons. The molecule has 0 aliphatic heterocycles. The van der Waals surface area contributed by atoms with Gasteiger partial charge in [0.25, 0.3) is 0 Å². The van der Waals surface area contributed by atoms with Crippen LogP contribution in [-0.2, 0) is 19.9 Å². The Kier molecular flexibility index (Phi) is 3.25. The molecular weight excluding hydrogens is 314 g/mol. The Bertz CT molecular complexity index is 1060. The van der Waals surface area contributed by atoms with E-state index in [1.54, 1.807) is 18.3 Å². The number of anilines is 1. The zero-order chi connectivity index (χ0) is 17.7. The Hall–Kier alpha value is -3.33. The van der Waals surface area contributed by atoms with E-state index >= 15 is 0 Å². The van der Waals surface area contributed by atoms with E-state index in [1.807, 2.05) is 24.6 Å². The monoisotopic (exact) mass is 331 g/mol. The summed E-state index contributed by atoms with van der Waals surface area (Å²) in [7, 11) is 1.92. The molecule has 4 rings (SSSR count). The van der Waals surface area contributed by atoms with Crippen molar-refractivity contribution in [2.45, 2.75) is 19.8 Å². The van der Waals surface area contributed by atoms with E-state index in [0.29, 0.717) is 18.4 Å². The summed E-state index contributed by atoms with van der Waals surface area (Å²) in [6.07, 6.45) is 3.14. The minimum Gasteiger partial charge on any atom is -0.508 e. The second kappa shape index (κ2) is 5.35. The molecule has 2 heterocycles. The van der Waals surface area contributed by atoms with Gasteiger partial charge in [0.15, 0.2) is 0 Å². The van der Waals surface area contributed by atoms with E-state index in [1.165, 1.54) is 0 Å². The van der Waals surface area contributed by atoms with Crippen molar-refractivity contribution < 1.29 is 5.11 Å². The summed E-state index contributed by atoms with van der Waals surface area (Å²) in [6.45, 7) is 1.92. The van der Waals surface area contributed by atoms with E-state index in [-0.39, 0.29) is 11.6 Å². The topological polar surface area (TPSA) is 101 Å². The van der Waals surface area contributed by atoms with Crippen LogP contribution < -0.4 is 5.73 Å². The van der Waals surface area contributed by atoms with Crippen LogP contribution in [0.4, 0.5) is 5.82 Å². The lowest BCUT2D eigenvalue weighted by Crippen LogP contribution is -2.12. The summed E-state index contributed by atoms with van der Waals surface area (Å²) < 4.78 is 1.95. The normalized spacial score (nSPS) is 12.4. The van der Waals surface area contributed by atoms with Crippen LogP contribution in [0.3, 0.4) is 0 Å². The molecule has 6 heteroatoms. The van der Waals surface area contributed by atoms with Gasteiger partial charge in [-0.05, 0) is 31.4 Å². The molecule has 0 saturated heterocycles. The van der Waals surface area contributed by atoms with Gasteiger partial charge >= 0.3 is 0 Å². The SMILES string of the molecule is Cc1ncc(-c2c(C#N)c(N)nc3c2CCc2c(O)cccc2-3)n1C. The van der Waals surface area contributed by atoms with Crippen LogP contribution in [0.15, 0.2) is 24.4 Å². The van der Waals surface area contributed by atoms with Crippen LogP contribution in [-0.4, -0.2) is 19.6 Å². The van der Waals surface area contributed by atoms with E-state index < -0.39 is 0 Å². The number of hydrogen-bond acceptors (Lipinski definition) is 5. The number of benzene rings is 1. The van der Waals surface area contributed by atoms with Crippen LogP contribution in [0.5, 0.6) is 5.75 Å². The minimum absolute atomic E-state index is 0.200. The third kappa shape index (κ3) is 2.09. The summed E-state index contributed by atoms with van der Waals surface area (Å²) in [4.78, 5) is 8.86. The predicted octanol–water partition coefficient (Wildman–Crippen LogP) is 2.72. The van der Waals surface area contributed by atoms with Crippen molar-refractivity contribution >= 4 is 5.82 Å². The lowest BCUT2D eigenvalue weighted by atomic mass is 9.84. The summed E-state index contributed by atoms with van der Waals surface area (Å²) in [5.41, 5.74) is 11.6. The summed E-state index contributed by atoms with van der Waals surface area (Å²) in [6, 6.07) is 7.62. The number of aromatic nitrogens is 3. The van der Waals surface area contributed by atoms with E-state index in [9.17, 15) is 10.4 Å². The van der Waals surface area contributed by atoms with Crippen molar-refractivity contribution in [1.82, 2.24) is 14.5 Å². The molecule has 25 heavy (non-hydrogen) atoms. The van der Waals surface area contributed by atoms with Gasteiger partial charge in [-0.2, -0.15) is 5.26 Å². The molecule has 3 N–H and O–H groups in total. The fourth-order valence-electron chi connectivity index (χ4n) is 3.55. The number of imidazole rings is 1. The Morgan fingerprint density at radius 2 is 2.04 bits per heavy atom. The van der Waals surface area contributed by atoms with Gasteiger partial charge in [0.1, 0.15) is 29.0 Å². The van der Waals surface area contributed by atoms with Crippen LogP contribution in [0, 0.1) is 18.3 Å². The third-order valence-electron chi connectivity index (χ3n) is 4.95. The first-order valence-electron chi connectivity index (χ1n) is 8.05. The fourth-order valence-corrected chi connectivity index (χ4v) is 3.55. The molecule has 0 unspecified atom stereocenters. The van der Waals surface area contributed by atoms with E-state index in [0.717, 1.165) is 39.5 Å².